The van der Waals surface area contributed by atoms with E-state index in [0.717, 1.165) is 0 Å². The molecule has 20 heavy (non-hydrogen) atoms. The second-order valence-electron chi connectivity index (χ2n) is 3.23. The van der Waals surface area contributed by atoms with Gasteiger partial charge in [0.25, 0.3) is 0 Å². The Balaban J connectivity index is 0. The fraction of sp³-hybridized carbons (Fsp3) is 0.667. The van der Waals surface area contributed by atoms with Crippen LogP contribution in [0.2, 0.25) is 0 Å². The Labute approximate surface area is 110 Å². The molecule has 6 nitrogen and oxygen atoms in total. The van der Waals surface area contributed by atoms with Gasteiger partial charge >= 0.3 is 46.3 Å². The van der Waals surface area contributed by atoms with Crippen molar-refractivity contribution < 1.29 is 39.6 Å². The fourth-order valence-corrected chi connectivity index (χ4v) is 1.52. The molecule has 0 fully saturated rings. The number of rotatable bonds is 5. The molecule has 0 amide bonds. The number of halogens is 6. The number of nitrogens with zero attached hydrogens (tertiary/aromatic N) is 1. The van der Waals surface area contributed by atoms with Gasteiger partial charge in [-0.1, -0.05) is 0 Å². The van der Waals surface area contributed by atoms with Crippen molar-refractivity contribution in [3.05, 3.63) is 0 Å². The van der Waals surface area contributed by atoms with Gasteiger partial charge in [-0.3, -0.25) is 5.32 Å². The van der Waals surface area contributed by atoms with E-state index in [2.05, 4.69) is 10.1 Å². The van der Waals surface area contributed by atoms with E-state index in [1.54, 1.807) is 13.0 Å². The minimum absolute atomic E-state index is 0.0406. The van der Waals surface area contributed by atoms with Gasteiger partial charge < -0.3 is 4.74 Å². The Bertz CT molecular complexity index is 367. The first-order valence-corrected chi connectivity index (χ1v) is 8.72. The minimum atomic E-state index is -10.7. The second-order valence-corrected chi connectivity index (χ2v) is 7.48. The van der Waals surface area contributed by atoms with Crippen molar-refractivity contribution in [1.29, 1.82) is 5.26 Å². The normalized spacial score (nSPS) is 17.4. The summed E-state index contributed by atoms with van der Waals surface area (Å²) >= 11 is 0. The van der Waals surface area contributed by atoms with E-state index in [4.69, 9.17) is 10.8 Å². The molecule has 4 N–H and O–H groups in total. The molecule has 122 valence electrons. The van der Waals surface area contributed by atoms with Crippen molar-refractivity contribution in [2.24, 2.45) is 5.50 Å². The Kier molecular flexibility index (Phi) is 6.87. The molecule has 0 saturated heterocycles. The third-order valence-electron chi connectivity index (χ3n) is 1.14. The Hall–Kier alpha value is -0.720. The van der Waals surface area contributed by atoms with Crippen LogP contribution in [0.1, 0.15) is 6.92 Å². The second kappa shape index (κ2) is 6.37. The SMILES string of the molecule is CCOC(=O)[P+](N)(O)CNCC#N.F[P-](F)(F)(F)(F)F. The first-order chi connectivity index (χ1) is 8.49. The van der Waals surface area contributed by atoms with E-state index in [0.29, 0.717) is 0 Å². The van der Waals surface area contributed by atoms with Crippen LogP contribution in [0.5, 0.6) is 0 Å². The van der Waals surface area contributed by atoms with Crippen molar-refractivity contribution in [3.63, 3.8) is 0 Å². The molecule has 0 aliphatic carbocycles. The van der Waals surface area contributed by atoms with Gasteiger partial charge in [-0.15, -0.1) is 0 Å². The molecule has 0 aliphatic heterocycles. The van der Waals surface area contributed by atoms with E-state index < -0.39 is 21.2 Å². The average Bonchev–Trinajstić information content (AvgIpc) is 2.13. The molecule has 0 heterocycles. The summed E-state index contributed by atoms with van der Waals surface area (Å²) in [7, 11) is -13.9. The first-order valence-electron chi connectivity index (χ1n) is 4.70. The van der Waals surface area contributed by atoms with Crippen molar-refractivity contribution in [1.82, 2.24) is 5.32 Å². The zero-order valence-electron chi connectivity index (χ0n) is 10.1. The third kappa shape index (κ3) is 22.5. The van der Waals surface area contributed by atoms with Crippen LogP contribution in [0.3, 0.4) is 0 Å². The van der Waals surface area contributed by atoms with Gasteiger partial charge in [0.2, 0.25) is 0 Å². The van der Waals surface area contributed by atoms with Crippen LogP contribution >= 0.6 is 15.4 Å². The van der Waals surface area contributed by atoms with Crippen LogP contribution in [0.25, 0.3) is 0 Å². The van der Waals surface area contributed by atoms with E-state index in [-0.39, 0.29) is 19.4 Å². The Morgan fingerprint density at radius 3 is 2.10 bits per heavy atom. The maximum absolute atomic E-state index is 11.0. The number of hydrogen-bond acceptors (Lipinski definition) is 6. The number of nitriles is 1. The molecule has 0 aromatic carbocycles. The van der Waals surface area contributed by atoms with Gasteiger partial charge in [-0.25, -0.2) is 9.69 Å². The zero-order valence-corrected chi connectivity index (χ0v) is 11.9. The number of carbonyl (C=O) groups is 1. The molecule has 0 bridgehead atoms. The van der Waals surface area contributed by atoms with Crippen molar-refractivity contribution in [2.75, 3.05) is 19.4 Å². The van der Waals surface area contributed by atoms with Crippen LogP contribution < -0.4 is 10.8 Å². The summed E-state index contributed by atoms with van der Waals surface area (Å²) in [5.41, 5.74) is 4.52. The Morgan fingerprint density at radius 1 is 1.40 bits per heavy atom. The van der Waals surface area contributed by atoms with Crippen molar-refractivity contribution in [2.45, 2.75) is 6.92 Å². The topological polar surface area (TPSA) is 108 Å². The summed E-state index contributed by atoms with van der Waals surface area (Å²) in [5.74, 6) is 0. The van der Waals surface area contributed by atoms with Crippen LogP contribution in [-0.2, 0) is 4.74 Å². The molecule has 1 unspecified atom stereocenters. The van der Waals surface area contributed by atoms with E-state index >= 15 is 0 Å². The monoisotopic (exact) mass is 351 g/mol. The predicted octanol–water partition coefficient (Wildman–Crippen LogP) is 3.39. The van der Waals surface area contributed by atoms with Gasteiger partial charge in [0.05, 0.1) is 19.2 Å². The van der Waals surface area contributed by atoms with E-state index in [1.165, 1.54) is 0 Å². The number of hydrogen-bond donors (Lipinski definition) is 3. The van der Waals surface area contributed by atoms with Crippen molar-refractivity contribution >= 4 is 21.2 Å². The fourth-order valence-electron chi connectivity index (χ4n) is 0.582. The molecular weight excluding hydrogens is 338 g/mol. The average molecular weight is 351 g/mol. The molecule has 0 saturated carbocycles. The number of ether oxygens (including phenoxy) is 1. The molecule has 14 heteroatoms. The molecule has 0 radical (unpaired) electrons. The van der Waals surface area contributed by atoms with Crippen molar-refractivity contribution in [3.8, 4) is 6.07 Å². The number of nitrogens with two attached hydrogens (primary N) is 1. The summed E-state index contributed by atoms with van der Waals surface area (Å²) in [6.45, 7) is 1.84. The molecule has 0 rings (SSSR count). The summed E-state index contributed by atoms with van der Waals surface area (Å²) < 4.78 is 63.7. The zero-order chi connectivity index (χ0) is 16.7. The van der Waals surface area contributed by atoms with E-state index in [9.17, 15) is 34.9 Å². The summed E-state index contributed by atoms with van der Waals surface area (Å²) in [5, 5.41) is 10.7. The van der Waals surface area contributed by atoms with Crippen LogP contribution in [0.15, 0.2) is 0 Å². The van der Waals surface area contributed by atoms with Crippen LogP contribution in [-0.4, -0.2) is 30.0 Å². The van der Waals surface area contributed by atoms with Gasteiger partial charge in [-0.2, -0.15) is 10.8 Å². The summed E-state index contributed by atoms with van der Waals surface area (Å²) in [4.78, 5) is 20.4. The van der Waals surface area contributed by atoms with E-state index in [1.807, 2.05) is 0 Å². The van der Waals surface area contributed by atoms with Gasteiger partial charge in [-0.05, 0) is 6.92 Å². The number of carbonyl (C=O) groups excluding carboxylic acids is 1. The van der Waals surface area contributed by atoms with Gasteiger partial charge in [0, 0.05) is 0 Å². The summed E-state index contributed by atoms with van der Waals surface area (Å²) in [6.07, 6.45) is -0.0978. The Morgan fingerprint density at radius 2 is 1.80 bits per heavy atom. The molecule has 0 aromatic heterocycles. The standard InChI is InChI=1S/C6H13N3O3P.F6P/c1-2-12-6(10)13(8,11)5-9-4-3-7;1-7(2,3,4,5)6/h9,11H,2,4-5,8H2,1H3;/q+1;-1. The third-order valence-corrected chi connectivity index (χ3v) is 2.61. The quantitative estimate of drug-likeness (QED) is 0.303. The first kappa shape index (κ1) is 21.6. The molecule has 0 aromatic rings. The number of nitrogens with one attached hydrogen (secondary N) is 1. The predicted molar refractivity (Wildman–Crippen MR) is 62.4 cm³/mol. The molecular formula is C6H13F6N3O3P2. The molecule has 1 atom stereocenters. The van der Waals surface area contributed by atoms with Crippen LogP contribution in [0.4, 0.5) is 30.0 Å². The van der Waals surface area contributed by atoms with Gasteiger partial charge in [0.15, 0.2) is 6.29 Å². The molecule has 0 spiro atoms. The van der Waals surface area contributed by atoms with Crippen LogP contribution in [0, 0.1) is 11.3 Å². The van der Waals surface area contributed by atoms with Gasteiger partial charge in [0.1, 0.15) is 0 Å². The molecule has 0 aliphatic rings. The maximum atomic E-state index is 11.0. The summed E-state index contributed by atoms with van der Waals surface area (Å²) in [6, 6.07) is 1.80.